The fourth-order valence-electron chi connectivity index (χ4n) is 2.69. The number of nitrogens with one attached hydrogen (secondary N) is 2. The maximum absolute atomic E-state index is 12.1. The summed E-state index contributed by atoms with van der Waals surface area (Å²) in [5, 5.41) is 13.7. The quantitative estimate of drug-likeness (QED) is 0.763. The van der Waals surface area contributed by atoms with Crippen molar-refractivity contribution in [2.75, 3.05) is 6.54 Å². The van der Waals surface area contributed by atoms with Gasteiger partial charge in [-0.2, -0.15) is 5.26 Å². The molecule has 1 atom stereocenters. The lowest BCUT2D eigenvalue weighted by Crippen LogP contribution is -2.49. The van der Waals surface area contributed by atoms with Crippen LogP contribution in [0, 0.1) is 17.2 Å². The molecule has 0 aromatic carbocycles. The average Bonchev–Trinajstić information content (AvgIpc) is 2.43. The van der Waals surface area contributed by atoms with Crippen LogP contribution in [0.15, 0.2) is 0 Å². The first-order valence-electron chi connectivity index (χ1n) is 7.96. The molecule has 2 amide bonds. The van der Waals surface area contributed by atoms with Crippen LogP contribution in [0.5, 0.6) is 0 Å². The third-order valence-electron chi connectivity index (χ3n) is 3.64. The van der Waals surface area contributed by atoms with Crippen molar-refractivity contribution in [1.29, 1.82) is 5.26 Å². The van der Waals surface area contributed by atoms with Crippen LogP contribution in [0.2, 0.25) is 0 Å². The lowest BCUT2D eigenvalue weighted by molar-refractivity contribution is -0.123. The molecule has 124 valence electrons. The van der Waals surface area contributed by atoms with E-state index in [4.69, 9.17) is 10.00 Å². The van der Waals surface area contributed by atoms with E-state index in [9.17, 15) is 9.59 Å². The van der Waals surface area contributed by atoms with Crippen LogP contribution in [0.4, 0.5) is 4.79 Å². The third kappa shape index (κ3) is 7.30. The Bertz CT molecular complexity index is 417. The van der Waals surface area contributed by atoms with Gasteiger partial charge in [0.2, 0.25) is 5.91 Å². The van der Waals surface area contributed by atoms with Gasteiger partial charge in [0.15, 0.2) is 0 Å². The predicted molar refractivity (Wildman–Crippen MR) is 83.0 cm³/mol. The van der Waals surface area contributed by atoms with E-state index in [1.54, 1.807) is 20.8 Å². The number of rotatable bonds is 5. The van der Waals surface area contributed by atoms with Crippen LogP contribution in [-0.2, 0) is 9.53 Å². The summed E-state index contributed by atoms with van der Waals surface area (Å²) in [5.74, 6) is 0.111. The van der Waals surface area contributed by atoms with Crippen LogP contribution < -0.4 is 10.6 Å². The largest absolute Gasteiger partial charge is 0.444 e. The summed E-state index contributed by atoms with van der Waals surface area (Å²) in [4.78, 5) is 24.1. The van der Waals surface area contributed by atoms with Crippen LogP contribution in [0.3, 0.4) is 0 Å². The van der Waals surface area contributed by atoms with E-state index < -0.39 is 17.7 Å². The summed E-state index contributed by atoms with van der Waals surface area (Å²) in [7, 11) is 0. The normalized spacial score (nSPS) is 17.2. The van der Waals surface area contributed by atoms with Gasteiger partial charge in [0, 0.05) is 0 Å². The SMILES string of the molecule is CC(C)(C)OC(=O)N[C@@H](CC1CCCCC1)C(=O)NCC#N. The zero-order valence-corrected chi connectivity index (χ0v) is 13.8. The zero-order chi connectivity index (χ0) is 16.6. The third-order valence-corrected chi connectivity index (χ3v) is 3.64. The molecule has 0 unspecified atom stereocenters. The van der Waals surface area contributed by atoms with E-state index in [1.807, 2.05) is 6.07 Å². The minimum Gasteiger partial charge on any atom is -0.444 e. The van der Waals surface area contributed by atoms with E-state index in [-0.39, 0.29) is 12.5 Å². The number of hydrogen-bond acceptors (Lipinski definition) is 4. The van der Waals surface area contributed by atoms with Gasteiger partial charge in [-0.15, -0.1) is 0 Å². The number of carbonyl (C=O) groups excluding carboxylic acids is 2. The average molecular weight is 309 g/mol. The van der Waals surface area contributed by atoms with E-state index >= 15 is 0 Å². The fourth-order valence-corrected chi connectivity index (χ4v) is 2.69. The molecule has 0 spiro atoms. The first kappa shape index (κ1) is 18.3. The molecule has 0 radical (unpaired) electrons. The van der Waals surface area contributed by atoms with Gasteiger partial charge in [-0.3, -0.25) is 4.79 Å². The second-order valence-electron chi connectivity index (χ2n) is 6.81. The van der Waals surface area contributed by atoms with Gasteiger partial charge >= 0.3 is 6.09 Å². The molecule has 2 N–H and O–H groups in total. The molecular weight excluding hydrogens is 282 g/mol. The number of carbonyl (C=O) groups is 2. The molecule has 1 rings (SSSR count). The first-order chi connectivity index (χ1) is 10.3. The molecular formula is C16H27N3O3. The Hall–Kier alpha value is -1.77. The molecule has 1 aliphatic carbocycles. The van der Waals surface area contributed by atoms with Gasteiger partial charge in [-0.1, -0.05) is 32.1 Å². The van der Waals surface area contributed by atoms with Crippen molar-refractivity contribution in [2.24, 2.45) is 5.92 Å². The second-order valence-corrected chi connectivity index (χ2v) is 6.81. The Morgan fingerprint density at radius 3 is 2.45 bits per heavy atom. The summed E-state index contributed by atoms with van der Waals surface area (Å²) in [5.41, 5.74) is -0.609. The zero-order valence-electron chi connectivity index (χ0n) is 13.8. The summed E-state index contributed by atoms with van der Waals surface area (Å²) < 4.78 is 5.22. The first-order valence-corrected chi connectivity index (χ1v) is 7.96. The molecule has 0 aromatic rings. The summed E-state index contributed by atoms with van der Waals surface area (Å²) in [6.45, 7) is 5.27. The van der Waals surface area contributed by atoms with Crippen molar-refractivity contribution >= 4 is 12.0 Å². The molecule has 6 heteroatoms. The number of nitrogens with zero attached hydrogens (tertiary/aromatic N) is 1. The standard InChI is InChI=1S/C16H27N3O3/c1-16(2,3)22-15(21)19-13(14(20)18-10-9-17)11-12-7-5-4-6-8-12/h12-13H,4-8,10-11H2,1-3H3,(H,18,20)(H,19,21)/t13-/m0/s1. The lowest BCUT2D eigenvalue weighted by atomic mass is 9.84. The highest BCUT2D eigenvalue weighted by atomic mass is 16.6. The van der Waals surface area contributed by atoms with Crippen molar-refractivity contribution in [3.63, 3.8) is 0 Å². The highest BCUT2D eigenvalue weighted by Crippen LogP contribution is 2.27. The summed E-state index contributed by atoms with van der Waals surface area (Å²) >= 11 is 0. The Morgan fingerprint density at radius 1 is 1.27 bits per heavy atom. The smallest absolute Gasteiger partial charge is 0.408 e. The lowest BCUT2D eigenvalue weighted by Gasteiger charge is -2.27. The van der Waals surface area contributed by atoms with Crippen LogP contribution in [0.25, 0.3) is 0 Å². The number of alkyl carbamates (subject to hydrolysis) is 1. The number of amides is 2. The van der Waals surface area contributed by atoms with Crippen molar-refractivity contribution in [3.05, 3.63) is 0 Å². The Morgan fingerprint density at radius 2 is 1.91 bits per heavy atom. The number of nitriles is 1. The number of hydrogen-bond donors (Lipinski definition) is 2. The minimum atomic E-state index is -0.647. The molecule has 1 saturated carbocycles. The predicted octanol–water partition coefficient (Wildman–Crippen LogP) is 2.49. The molecule has 1 aliphatic rings. The minimum absolute atomic E-state index is 0.0595. The summed E-state index contributed by atoms with van der Waals surface area (Å²) in [6, 6.07) is 1.23. The Labute approximate surface area is 132 Å². The second kappa shape index (κ2) is 8.62. The molecule has 0 aromatic heterocycles. The van der Waals surface area contributed by atoms with Gasteiger partial charge in [-0.05, 0) is 33.1 Å². The van der Waals surface area contributed by atoms with Crippen molar-refractivity contribution in [2.45, 2.75) is 70.9 Å². The van der Waals surface area contributed by atoms with Gasteiger partial charge in [-0.25, -0.2) is 4.79 Å². The summed E-state index contributed by atoms with van der Waals surface area (Å²) in [6.07, 6.45) is 5.74. The van der Waals surface area contributed by atoms with Gasteiger partial charge in [0.1, 0.15) is 18.2 Å². The molecule has 0 saturated heterocycles. The van der Waals surface area contributed by atoms with Crippen LogP contribution in [-0.4, -0.2) is 30.2 Å². The number of ether oxygens (including phenoxy) is 1. The van der Waals surface area contributed by atoms with Crippen LogP contribution in [0.1, 0.15) is 59.3 Å². The molecule has 1 fully saturated rings. The molecule has 0 bridgehead atoms. The Kier molecular flexibility index (Phi) is 7.16. The van der Waals surface area contributed by atoms with Crippen molar-refractivity contribution in [3.8, 4) is 6.07 Å². The topological polar surface area (TPSA) is 91.2 Å². The maximum Gasteiger partial charge on any atom is 0.408 e. The van der Waals surface area contributed by atoms with Gasteiger partial charge in [0.05, 0.1) is 6.07 Å². The fraction of sp³-hybridized carbons (Fsp3) is 0.812. The van der Waals surface area contributed by atoms with Gasteiger partial charge in [0.25, 0.3) is 0 Å². The van der Waals surface area contributed by atoms with Crippen molar-refractivity contribution < 1.29 is 14.3 Å². The molecule has 0 heterocycles. The monoisotopic (exact) mass is 309 g/mol. The van der Waals surface area contributed by atoms with E-state index in [0.29, 0.717) is 12.3 Å². The Balaban J connectivity index is 2.62. The van der Waals surface area contributed by atoms with E-state index in [0.717, 1.165) is 12.8 Å². The van der Waals surface area contributed by atoms with Crippen LogP contribution >= 0.6 is 0 Å². The highest BCUT2D eigenvalue weighted by molar-refractivity contribution is 5.85. The highest BCUT2D eigenvalue weighted by Gasteiger charge is 2.27. The molecule has 22 heavy (non-hydrogen) atoms. The van der Waals surface area contributed by atoms with Crippen molar-refractivity contribution in [1.82, 2.24) is 10.6 Å². The maximum atomic E-state index is 12.1. The van der Waals surface area contributed by atoms with E-state index in [2.05, 4.69) is 10.6 Å². The molecule has 6 nitrogen and oxygen atoms in total. The molecule has 0 aliphatic heterocycles. The van der Waals surface area contributed by atoms with E-state index in [1.165, 1.54) is 19.3 Å². The van der Waals surface area contributed by atoms with Gasteiger partial charge < -0.3 is 15.4 Å².